The molecule has 0 aromatic carbocycles. The van der Waals surface area contributed by atoms with Crippen LogP contribution in [0, 0.1) is 0 Å². The largest absolute Gasteiger partial charge is 0.461 e. The summed E-state index contributed by atoms with van der Waals surface area (Å²) < 4.78 is 66.5. The minimum absolute atomic E-state index is 0.0965. The molecule has 0 saturated heterocycles. The van der Waals surface area contributed by atoms with Crippen LogP contribution in [-0.4, -0.2) is 17.6 Å². The summed E-state index contributed by atoms with van der Waals surface area (Å²) in [6.45, 7) is 1.33. The molecular formula is C10H8F5NO2. The van der Waals surface area contributed by atoms with Crippen LogP contribution in [0.25, 0.3) is 0 Å². The maximum atomic E-state index is 12.4. The Bertz CT molecular complexity index is 444. The fraction of sp³-hybridized carbons (Fsp3) is 0.400. The average Bonchev–Trinajstić information content (AvgIpc) is 2.27. The highest BCUT2D eigenvalue weighted by atomic mass is 19.4. The number of alkyl halides is 5. The zero-order valence-corrected chi connectivity index (χ0v) is 9.09. The Labute approximate surface area is 98.6 Å². The summed E-state index contributed by atoms with van der Waals surface area (Å²) in [6.07, 6.45) is -8.05. The minimum atomic E-state index is -4.84. The first-order valence-electron chi connectivity index (χ1n) is 4.80. The molecule has 0 N–H and O–H groups in total. The molecule has 3 nitrogen and oxygen atoms in total. The molecule has 0 aliphatic carbocycles. The SMILES string of the molecule is CCOC(=O)c1cc(C(F)(F)F)cc(C(F)F)n1. The van der Waals surface area contributed by atoms with Gasteiger partial charge >= 0.3 is 12.1 Å². The summed E-state index contributed by atoms with van der Waals surface area (Å²) in [6, 6.07) is 0.581. The van der Waals surface area contributed by atoms with Gasteiger partial charge in [-0.3, -0.25) is 0 Å². The lowest BCUT2D eigenvalue weighted by Gasteiger charge is -2.10. The highest BCUT2D eigenvalue weighted by Gasteiger charge is 2.33. The van der Waals surface area contributed by atoms with Crippen molar-refractivity contribution >= 4 is 5.97 Å². The normalized spacial score (nSPS) is 11.7. The van der Waals surface area contributed by atoms with Crippen LogP contribution in [-0.2, 0) is 10.9 Å². The Morgan fingerprint density at radius 1 is 1.39 bits per heavy atom. The van der Waals surface area contributed by atoms with Crippen molar-refractivity contribution in [1.82, 2.24) is 4.98 Å². The highest BCUT2D eigenvalue weighted by Crippen LogP contribution is 2.31. The number of nitrogens with zero attached hydrogens (tertiary/aromatic N) is 1. The maximum absolute atomic E-state index is 12.4. The summed E-state index contributed by atoms with van der Waals surface area (Å²) in [7, 11) is 0. The first-order chi connectivity index (χ1) is 8.25. The van der Waals surface area contributed by atoms with E-state index in [-0.39, 0.29) is 12.7 Å². The molecule has 1 heterocycles. The van der Waals surface area contributed by atoms with Crippen molar-refractivity contribution in [3.63, 3.8) is 0 Å². The van der Waals surface area contributed by atoms with E-state index in [0.29, 0.717) is 6.07 Å². The number of hydrogen-bond donors (Lipinski definition) is 0. The van der Waals surface area contributed by atoms with Crippen LogP contribution < -0.4 is 0 Å². The zero-order chi connectivity index (χ0) is 13.9. The molecule has 0 spiro atoms. The fourth-order valence-corrected chi connectivity index (χ4v) is 1.14. The first-order valence-corrected chi connectivity index (χ1v) is 4.80. The molecule has 8 heteroatoms. The zero-order valence-electron chi connectivity index (χ0n) is 9.09. The van der Waals surface area contributed by atoms with Gasteiger partial charge in [0.05, 0.1) is 12.2 Å². The lowest BCUT2D eigenvalue weighted by atomic mass is 10.2. The van der Waals surface area contributed by atoms with Crippen molar-refractivity contribution < 1.29 is 31.5 Å². The van der Waals surface area contributed by atoms with Gasteiger partial charge in [-0.25, -0.2) is 18.6 Å². The van der Waals surface area contributed by atoms with Crippen molar-refractivity contribution in [2.75, 3.05) is 6.61 Å². The predicted octanol–water partition coefficient (Wildman–Crippen LogP) is 3.21. The fourth-order valence-electron chi connectivity index (χ4n) is 1.14. The molecule has 0 bridgehead atoms. The molecule has 18 heavy (non-hydrogen) atoms. The number of carbonyl (C=O) groups excluding carboxylic acids is 1. The maximum Gasteiger partial charge on any atom is 0.416 e. The van der Waals surface area contributed by atoms with Gasteiger partial charge in [0.15, 0.2) is 0 Å². The third kappa shape index (κ3) is 3.38. The van der Waals surface area contributed by atoms with Crippen LogP contribution in [0.15, 0.2) is 12.1 Å². The smallest absolute Gasteiger partial charge is 0.416 e. The second-order valence-electron chi connectivity index (χ2n) is 3.18. The molecule has 1 aromatic heterocycles. The standard InChI is InChI=1S/C10H8F5NO2/c1-2-18-9(17)7-4-5(10(13,14)15)3-6(16-7)8(11)12/h3-4,8H,2H2,1H3. The van der Waals surface area contributed by atoms with E-state index < -0.39 is 35.5 Å². The van der Waals surface area contributed by atoms with Gasteiger partial charge in [0, 0.05) is 0 Å². The van der Waals surface area contributed by atoms with E-state index in [9.17, 15) is 26.7 Å². The molecular weight excluding hydrogens is 261 g/mol. The number of esters is 1. The molecule has 0 atom stereocenters. The van der Waals surface area contributed by atoms with Gasteiger partial charge in [0.2, 0.25) is 0 Å². The second-order valence-corrected chi connectivity index (χ2v) is 3.18. The molecule has 0 unspecified atom stereocenters. The van der Waals surface area contributed by atoms with Crippen LogP contribution in [0.1, 0.15) is 35.1 Å². The predicted molar refractivity (Wildman–Crippen MR) is 50.2 cm³/mol. The summed E-state index contributed by atoms with van der Waals surface area (Å²) in [5, 5.41) is 0. The van der Waals surface area contributed by atoms with Gasteiger partial charge < -0.3 is 4.74 Å². The third-order valence-corrected chi connectivity index (χ3v) is 1.88. The van der Waals surface area contributed by atoms with Crippen molar-refractivity contribution in [2.45, 2.75) is 19.5 Å². The molecule has 0 fully saturated rings. The summed E-state index contributed by atoms with van der Waals surface area (Å²) in [5.74, 6) is -1.18. The lowest BCUT2D eigenvalue weighted by Crippen LogP contribution is -2.13. The Morgan fingerprint density at radius 2 is 2.00 bits per heavy atom. The van der Waals surface area contributed by atoms with E-state index in [0.717, 1.165) is 0 Å². The number of ether oxygens (including phenoxy) is 1. The van der Waals surface area contributed by atoms with E-state index in [1.54, 1.807) is 0 Å². The second kappa shape index (κ2) is 5.28. The van der Waals surface area contributed by atoms with Crippen LogP contribution >= 0.6 is 0 Å². The van der Waals surface area contributed by atoms with Crippen molar-refractivity contribution in [1.29, 1.82) is 0 Å². The van der Waals surface area contributed by atoms with Crippen molar-refractivity contribution in [2.24, 2.45) is 0 Å². The van der Waals surface area contributed by atoms with Gasteiger partial charge in [-0.15, -0.1) is 0 Å². The topological polar surface area (TPSA) is 39.2 Å². The summed E-state index contributed by atoms with van der Waals surface area (Å²) >= 11 is 0. The van der Waals surface area contributed by atoms with E-state index >= 15 is 0 Å². The van der Waals surface area contributed by atoms with Crippen LogP contribution in [0.2, 0.25) is 0 Å². The van der Waals surface area contributed by atoms with Gasteiger partial charge in [-0.2, -0.15) is 13.2 Å². The molecule has 0 radical (unpaired) electrons. The van der Waals surface area contributed by atoms with E-state index in [1.807, 2.05) is 0 Å². The number of halogens is 5. The number of hydrogen-bond acceptors (Lipinski definition) is 3. The summed E-state index contributed by atoms with van der Waals surface area (Å²) in [5.41, 5.74) is -3.27. The van der Waals surface area contributed by atoms with E-state index in [4.69, 9.17) is 0 Å². The van der Waals surface area contributed by atoms with E-state index in [2.05, 4.69) is 9.72 Å². The molecule has 0 aliphatic rings. The molecule has 0 saturated carbocycles. The first kappa shape index (κ1) is 14.3. The van der Waals surface area contributed by atoms with Gasteiger partial charge in [0.25, 0.3) is 6.43 Å². The average molecular weight is 269 g/mol. The van der Waals surface area contributed by atoms with Gasteiger partial charge in [-0.1, -0.05) is 0 Å². The van der Waals surface area contributed by atoms with Gasteiger partial charge in [0.1, 0.15) is 11.4 Å². The molecule has 0 aliphatic heterocycles. The Balaban J connectivity index is 3.27. The van der Waals surface area contributed by atoms with E-state index in [1.165, 1.54) is 6.92 Å². The highest BCUT2D eigenvalue weighted by molar-refractivity contribution is 5.87. The molecule has 0 amide bonds. The third-order valence-electron chi connectivity index (χ3n) is 1.88. The Kier molecular flexibility index (Phi) is 4.20. The van der Waals surface area contributed by atoms with Gasteiger partial charge in [-0.05, 0) is 19.1 Å². The monoisotopic (exact) mass is 269 g/mol. The van der Waals surface area contributed by atoms with Crippen molar-refractivity contribution in [3.8, 4) is 0 Å². The summed E-state index contributed by atoms with van der Waals surface area (Å²) in [4.78, 5) is 14.3. The van der Waals surface area contributed by atoms with Crippen LogP contribution in [0.3, 0.4) is 0 Å². The minimum Gasteiger partial charge on any atom is -0.461 e. The quantitative estimate of drug-likeness (QED) is 0.624. The number of aromatic nitrogens is 1. The lowest BCUT2D eigenvalue weighted by molar-refractivity contribution is -0.137. The molecule has 100 valence electrons. The number of carbonyl (C=O) groups is 1. The Morgan fingerprint density at radius 3 is 2.44 bits per heavy atom. The Hall–Kier alpha value is -1.73. The molecule has 1 rings (SSSR count). The van der Waals surface area contributed by atoms with Crippen LogP contribution in [0.4, 0.5) is 22.0 Å². The van der Waals surface area contributed by atoms with Crippen molar-refractivity contribution in [3.05, 3.63) is 29.1 Å². The number of rotatable bonds is 3. The number of pyridine rings is 1. The van der Waals surface area contributed by atoms with Crippen LogP contribution in [0.5, 0.6) is 0 Å². The molecule has 1 aromatic rings.